The molecule has 0 aliphatic rings. The van der Waals surface area contributed by atoms with Crippen LogP contribution in [-0.4, -0.2) is 16.7 Å². The first-order chi connectivity index (χ1) is 13.8. The van der Waals surface area contributed by atoms with Crippen LogP contribution in [0.5, 0.6) is 5.75 Å². The molecular formula is C24H23N3O. The van der Waals surface area contributed by atoms with Crippen LogP contribution in [0.2, 0.25) is 0 Å². The van der Waals surface area contributed by atoms with Crippen molar-refractivity contribution in [3.05, 3.63) is 90.5 Å². The minimum Gasteiger partial charge on any atom is -0.497 e. The smallest absolute Gasteiger partial charge is 0.201 e. The number of rotatable bonds is 6. The van der Waals surface area contributed by atoms with E-state index in [0.29, 0.717) is 5.95 Å². The van der Waals surface area contributed by atoms with Crippen LogP contribution in [0.15, 0.2) is 84.9 Å². The van der Waals surface area contributed by atoms with Crippen LogP contribution in [0.1, 0.15) is 5.56 Å². The van der Waals surface area contributed by atoms with Gasteiger partial charge in [0.1, 0.15) is 5.75 Å². The van der Waals surface area contributed by atoms with Crippen LogP contribution in [0.25, 0.3) is 22.5 Å². The van der Waals surface area contributed by atoms with Gasteiger partial charge in [0, 0.05) is 17.7 Å². The predicted molar refractivity (Wildman–Crippen MR) is 114 cm³/mol. The molecule has 0 saturated carbocycles. The Kier molecular flexibility index (Phi) is 5.11. The third-order valence-electron chi connectivity index (χ3n) is 4.87. The lowest BCUT2D eigenvalue weighted by Crippen LogP contribution is -2.07. The van der Waals surface area contributed by atoms with Gasteiger partial charge in [0.2, 0.25) is 5.95 Å². The lowest BCUT2D eigenvalue weighted by Gasteiger charge is -2.12. The highest BCUT2D eigenvalue weighted by Gasteiger charge is 2.18. The van der Waals surface area contributed by atoms with Crippen molar-refractivity contribution in [1.82, 2.24) is 9.55 Å². The minimum atomic E-state index is 0.534. The van der Waals surface area contributed by atoms with Gasteiger partial charge in [-0.2, -0.15) is 0 Å². The Morgan fingerprint density at radius 2 is 1.43 bits per heavy atom. The molecular weight excluding hydrogens is 346 g/mol. The first kappa shape index (κ1) is 17.9. The third-order valence-corrected chi connectivity index (χ3v) is 4.87. The molecule has 1 heterocycles. The van der Waals surface area contributed by atoms with Crippen molar-refractivity contribution in [1.29, 1.82) is 0 Å². The van der Waals surface area contributed by atoms with E-state index < -0.39 is 0 Å². The van der Waals surface area contributed by atoms with Gasteiger partial charge >= 0.3 is 0 Å². The molecule has 4 aromatic rings. The number of aromatic nitrogens is 2. The van der Waals surface area contributed by atoms with Gasteiger partial charge in [0.05, 0.1) is 18.5 Å². The maximum atomic E-state index is 6.36. The Balaban J connectivity index is 1.72. The van der Waals surface area contributed by atoms with E-state index in [9.17, 15) is 0 Å². The molecule has 4 heteroatoms. The molecule has 0 bridgehead atoms. The number of ether oxygens (including phenoxy) is 1. The maximum absolute atomic E-state index is 6.36. The second-order valence-electron chi connectivity index (χ2n) is 6.65. The fourth-order valence-corrected chi connectivity index (χ4v) is 3.42. The van der Waals surface area contributed by atoms with E-state index in [1.807, 2.05) is 48.5 Å². The van der Waals surface area contributed by atoms with E-state index in [0.717, 1.165) is 41.2 Å². The quantitative estimate of drug-likeness (QED) is 0.517. The van der Waals surface area contributed by atoms with E-state index in [1.54, 1.807) is 7.11 Å². The standard InChI is InChI=1S/C24H23N3O/c1-28-21-14-12-18(13-15-21)16-17-27-23(20-10-6-3-7-11-20)22(26-24(27)25)19-8-4-2-5-9-19/h2-15H,16-17H2,1H3,(H2,25,26). The molecule has 0 radical (unpaired) electrons. The summed E-state index contributed by atoms with van der Waals surface area (Å²) in [5.74, 6) is 1.40. The van der Waals surface area contributed by atoms with E-state index in [4.69, 9.17) is 15.5 Å². The molecule has 1 aromatic heterocycles. The van der Waals surface area contributed by atoms with E-state index in [-0.39, 0.29) is 0 Å². The fraction of sp³-hybridized carbons (Fsp3) is 0.125. The Morgan fingerprint density at radius 1 is 0.821 bits per heavy atom. The minimum absolute atomic E-state index is 0.534. The lowest BCUT2D eigenvalue weighted by molar-refractivity contribution is 0.414. The number of nitrogens with two attached hydrogens (primary N) is 1. The average Bonchev–Trinajstić information content (AvgIpc) is 3.10. The first-order valence-electron chi connectivity index (χ1n) is 9.36. The Hall–Kier alpha value is -3.53. The molecule has 0 unspecified atom stereocenters. The van der Waals surface area contributed by atoms with Crippen LogP contribution in [-0.2, 0) is 13.0 Å². The average molecular weight is 369 g/mol. The summed E-state index contributed by atoms with van der Waals surface area (Å²) in [6, 6.07) is 28.7. The number of aryl methyl sites for hydroxylation is 1. The van der Waals surface area contributed by atoms with Gasteiger partial charge in [-0.05, 0) is 24.1 Å². The van der Waals surface area contributed by atoms with Crippen molar-refractivity contribution < 1.29 is 4.74 Å². The van der Waals surface area contributed by atoms with Crippen molar-refractivity contribution in [2.45, 2.75) is 13.0 Å². The predicted octanol–water partition coefficient (Wildman–Crippen LogP) is 5.05. The molecule has 28 heavy (non-hydrogen) atoms. The molecule has 0 spiro atoms. The van der Waals surface area contributed by atoms with Gasteiger partial charge in [-0.3, -0.25) is 0 Å². The van der Waals surface area contributed by atoms with Gasteiger partial charge in [0.15, 0.2) is 0 Å². The molecule has 140 valence electrons. The summed E-state index contributed by atoms with van der Waals surface area (Å²) in [7, 11) is 1.68. The van der Waals surface area contributed by atoms with Crippen LogP contribution in [0, 0.1) is 0 Å². The second-order valence-corrected chi connectivity index (χ2v) is 6.65. The molecule has 0 atom stereocenters. The van der Waals surface area contributed by atoms with E-state index >= 15 is 0 Å². The van der Waals surface area contributed by atoms with Crippen molar-refractivity contribution in [3.63, 3.8) is 0 Å². The summed E-state index contributed by atoms with van der Waals surface area (Å²) >= 11 is 0. The Labute approximate surface area is 165 Å². The van der Waals surface area contributed by atoms with Crippen molar-refractivity contribution in [2.75, 3.05) is 12.8 Å². The highest BCUT2D eigenvalue weighted by molar-refractivity contribution is 5.80. The zero-order valence-electron chi connectivity index (χ0n) is 15.9. The topological polar surface area (TPSA) is 53.1 Å². The number of methoxy groups -OCH3 is 1. The molecule has 0 amide bonds. The number of nitrogen functional groups attached to an aromatic ring is 1. The monoisotopic (exact) mass is 369 g/mol. The fourth-order valence-electron chi connectivity index (χ4n) is 3.42. The maximum Gasteiger partial charge on any atom is 0.201 e. The normalized spacial score (nSPS) is 10.8. The number of hydrogen-bond donors (Lipinski definition) is 1. The van der Waals surface area contributed by atoms with Gasteiger partial charge in [-0.1, -0.05) is 72.8 Å². The van der Waals surface area contributed by atoms with Crippen molar-refractivity contribution in [2.24, 2.45) is 0 Å². The lowest BCUT2D eigenvalue weighted by atomic mass is 10.0. The van der Waals surface area contributed by atoms with Gasteiger partial charge < -0.3 is 15.0 Å². The highest BCUT2D eigenvalue weighted by Crippen LogP contribution is 2.34. The van der Waals surface area contributed by atoms with Crippen molar-refractivity contribution in [3.8, 4) is 28.3 Å². The molecule has 4 rings (SSSR count). The van der Waals surface area contributed by atoms with Gasteiger partial charge in [0.25, 0.3) is 0 Å². The summed E-state index contributed by atoms with van der Waals surface area (Å²) in [5.41, 5.74) is 11.7. The number of anilines is 1. The largest absolute Gasteiger partial charge is 0.497 e. The number of imidazole rings is 1. The van der Waals surface area contributed by atoms with Crippen LogP contribution in [0.4, 0.5) is 5.95 Å². The Bertz CT molecular complexity index is 1040. The van der Waals surface area contributed by atoms with Gasteiger partial charge in [-0.25, -0.2) is 4.98 Å². The summed E-state index contributed by atoms with van der Waals surface area (Å²) in [6.07, 6.45) is 0.860. The molecule has 2 N–H and O–H groups in total. The summed E-state index contributed by atoms with van der Waals surface area (Å²) in [5, 5.41) is 0. The summed E-state index contributed by atoms with van der Waals surface area (Å²) < 4.78 is 7.36. The number of nitrogens with zero attached hydrogens (tertiary/aromatic N) is 2. The van der Waals surface area contributed by atoms with E-state index in [1.165, 1.54) is 5.56 Å². The summed E-state index contributed by atoms with van der Waals surface area (Å²) in [4.78, 5) is 4.72. The Morgan fingerprint density at radius 3 is 2.04 bits per heavy atom. The molecule has 0 aliphatic heterocycles. The third kappa shape index (κ3) is 3.62. The van der Waals surface area contributed by atoms with Crippen LogP contribution < -0.4 is 10.5 Å². The summed E-state index contributed by atoms with van der Waals surface area (Å²) in [6.45, 7) is 0.752. The van der Waals surface area contributed by atoms with E-state index in [2.05, 4.69) is 41.0 Å². The molecule has 4 nitrogen and oxygen atoms in total. The second kappa shape index (κ2) is 8.01. The van der Waals surface area contributed by atoms with Crippen molar-refractivity contribution >= 4 is 5.95 Å². The molecule has 0 saturated heterocycles. The SMILES string of the molecule is COc1ccc(CCn2c(N)nc(-c3ccccc3)c2-c2ccccc2)cc1. The molecule has 0 aliphatic carbocycles. The number of hydrogen-bond acceptors (Lipinski definition) is 3. The first-order valence-corrected chi connectivity index (χ1v) is 9.36. The van der Waals surface area contributed by atoms with Crippen LogP contribution in [0.3, 0.4) is 0 Å². The number of benzene rings is 3. The molecule has 0 fully saturated rings. The highest BCUT2D eigenvalue weighted by atomic mass is 16.5. The zero-order chi connectivity index (χ0) is 19.3. The van der Waals surface area contributed by atoms with Gasteiger partial charge in [-0.15, -0.1) is 0 Å². The molecule has 3 aromatic carbocycles. The van der Waals surface area contributed by atoms with Crippen LogP contribution >= 0.6 is 0 Å². The zero-order valence-corrected chi connectivity index (χ0v) is 15.9.